The second-order valence-corrected chi connectivity index (χ2v) is 4.11. The van der Waals surface area contributed by atoms with E-state index in [1.807, 2.05) is 19.9 Å². The Kier molecular flexibility index (Phi) is 2.26. The number of fused-ring (bicyclic) bond motifs is 1. The molecule has 0 aliphatic heterocycles. The SMILES string of the molecule is Cc1cc(C)c2c(c1)cc(C(F)(F)F)n2C. The van der Waals surface area contributed by atoms with Gasteiger partial charge in [0.05, 0.1) is 5.52 Å². The summed E-state index contributed by atoms with van der Waals surface area (Å²) in [6.07, 6.45) is -4.30. The van der Waals surface area contributed by atoms with Gasteiger partial charge >= 0.3 is 6.18 Å². The molecule has 0 saturated carbocycles. The molecular weight excluding hydrogens is 215 g/mol. The van der Waals surface area contributed by atoms with Crippen LogP contribution in [-0.2, 0) is 13.2 Å². The molecule has 0 radical (unpaired) electrons. The zero-order chi connectivity index (χ0) is 12.1. The first-order valence-corrected chi connectivity index (χ1v) is 4.94. The number of benzene rings is 1. The highest BCUT2D eigenvalue weighted by Crippen LogP contribution is 2.34. The number of halogens is 3. The Hall–Kier alpha value is -1.45. The first-order chi connectivity index (χ1) is 7.30. The predicted molar refractivity (Wildman–Crippen MR) is 57.4 cm³/mol. The van der Waals surface area contributed by atoms with E-state index >= 15 is 0 Å². The number of rotatable bonds is 0. The lowest BCUT2D eigenvalue weighted by atomic mass is 10.1. The second-order valence-electron chi connectivity index (χ2n) is 4.11. The fourth-order valence-corrected chi connectivity index (χ4v) is 2.20. The van der Waals surface area contributed by atoms with E-state index in [1.165, 1.54) is 17.7 Å². The van der Waals surface area contributed by atoms with Gasteiger partial charge in [-0.05, 0) is 31.5 Å². The van der Waals surface area contributed by atoms with Crippen molar-refractivity contribution in [3.05, 3.63) is 35.0 Å². The lowest BCUT2D eigenvalue weighted by Gasteiger charge is -2.08. The van der Waals surface area contributed by atoms with Crippen molar-refractivity contribution in [2.24, 2.45) is 7.05 Å². The van der Waals surface area contributed by atoms with Crippen LogP contribution < -0.4 is 0 Å². The molecule has 1 nitrogen and oxygen atoms in total. The zero-order valence-corrected chi connectivity index (χ0v) is 9.31. The molecular formula is C12H12F3N. The number of hydrogen-bond acceptors (Lipinski definition) is 0. The predicted octanol–water partition coefficient (Wildman–Crippen LogP) is 3.81. The minimum absolute atomic E-state index is 0.601. The fraction of sp³-hybridized carbons (Fsp3) is 0.333. The highest BCUT2D eigenvalue weighted by Gasteiger charge is 2.34. The van der Waals surface area contributed by atoms with Gasteiger partial charge in [-0.2, -0.15) is 13.2 Å². The third kappa shape index (κ3) is 1.58. The number of aromatic nitrogens is 1. The minimum Gasteiger partial charge on any atom is -0.340 e. The number of alkyl halides is 3. The molecule has 2 rings (SSSR count). The summed E-state index contributed by atoms with van der Waals surface area (Å²) in [4.78, 5) is 0. The highest BCUT2D eigenvalue weighted by atomic mass is 19.4. The Bertz CT molecular complexity index is 549. The van der Waals surface area contributed by atoms with Crippen LogP contribution in [-0.4, -0.2) is 4.57 Å². The molecule has 16 heavy (non-hydrogen) atoms. The van der Waals surface area contributed by atoms with E-state index in [0.29, 0.717) is 10.9 Å². The molecule has 0 atom stereocenters. The molecule has 0 unspecified atom stereocenters. The molecule has 0 N–H and O–H groups in total. The Morgan fingerprint density at radius 2 is 1.69 bits per heavy atom. The summed E-state index contributed by atoms with van der Waals surface area (Å²) >= 11 is 0. The van der Waals surface area contributed by atoms with Crippen LogP contribution in [0.15, 0.2) is 18.2 Å². The van der Waals surface area contributed by atoms with Crippen molar-refractivity contribution in [3.8, 4) is 0 Å². The molecule has 1 aromatic heterocycles. The molecule has 0 spiro atoms. The molecule has 0 saturated heterocycles. The van der Waals surface area contributed by atoms with Crippen LogP contribution in [0.1, 0.15) is 16.8 Å². The van der Waals surface area contributed by atoms with E-state index in [9.17, 15) is 13.2 Å². The minimum atomic E-state index is -4.30. The molecule has 0 amide bonds. The van der Waals surface area contributed by atoms with E-state index in [-0.39, 0.29) is 0 Å². The van der Waals surface area contributed by atoms with Crippen molar-refractivity contribution in [2.75, 3.05) is 0 Å². The van der Waals surface area contributed by atoms with Gasteiger partial charge in [0, 0.05) is 12.4 Å². The smallest absolute Gasteiger partial charge is 0.340 e. The van der Waals surface area contributed by atoms with E-state index in [4.69, 9.17) is 0 Å². The third-order valence-corrected chi connectivity index (χ3v) is 2.75. The fourth-order valence-electron chi connectivity index (χ4n) is 2.20. The largest absolute Gasteiger partial charge is 0.431 e. The molecule has 0 aliphatic rings. The van der Waals surface area contributed by atoms with Crippen LogP contribution in [0.3, 0.4) is 0 Å². The molecule has 4 heteroatoms. The first-order valence-electron chi connectivity index (χ1n) is 4.94. The Morgan fingerprint density at radius 3 is 2.25 bits per heavy atom. The first kappa shape index (κ1) is 11.0. The molecule has 2 aromatic rings. The number of nitrogens with zero attached hydrogens (tertiary/aromatic N) is 1. The van der Waals surface area contributed by atoms with Crippen molar-refractivity contribution >= 4 is 10.9 Å². The van der Waals surface area contributed by atoms with E-state index in [2.05, 4.69) is 0 Å². The van der Waals surface area contributed by atoms with Crippen LogP contribution in [0, 0.1) is 13.8 Å². The molecule has 0 aliphatic carbocycles. The summed E-state index contributed by atoms with van der Waals surface area (Å²) in [5.74, 6) is 0. The van der Waals surface area contributed by atoms with E-state index in [0.717, 1.165) is 11.1 Å². The topological polar surface area (TPSA) is 4.93 Å². The van der Waals surface area contributed by atoms with Gasteiger partial charge in [-0.15, -0.1) is 0 Å². The van der Waals surface area contributed by atoms with E-state index in [1.54, 1.807) is 6.07 Å². The number of aryl methyl sites for hydroxylation is 3. The average Bonchev–Trinajstić information content (AvgIpc) is 2.41. The lowest BCUT2D eigenvalue weighted by molar-refractivity contribution is -0.142. The Balaban J connectivity index is 2.83. The molecule has 0 bridgehead atoms. The summed E-state index contributed by atoms with van der Waals surface area (Å²) in [6.45, 7) is 3.71. The Morgan fingerprint density at radius 1 is 1.06 bits per heavy atom. The Labute approximate surface area is 91.5 Å². The maximum Gasteiger partial charge on any atom is 0.431 e. The van der Waals surface area contributed by atoms with Crippen LogP contribution in [0.2, 0.25) is 0 Å². The molecule has 1 aromatic carbocycles. The maximum absolute atomic E-state index is 12.7. The summed E-state index contributed by atoms with van der Waals surface area (Å²) in [6, 6.07) is 4.87. The monoisotopic (exact) mass is 227 g/mol. The van der Waals surface area contributed by atoms with Gasteiger partial charge in [0.15, 0.2) is 0 Å². The molecule has 86 valence electrons. The molecule has 0 fully saturated rings. The van der Waals surface area contributed by atoms with Gasteiger partial charge in [0.2, 0.25) is 0 Å². The van der Waals surface area contributed by atoms with Gasteiger partial charge < -0.3 is 4.57 Å². The van der Waals surface area contributed by atoms with Crippen LogP contribution >= 0.6 is 0 Å². The summed E-state index contributed by atoms with van der Waals surface area (Å²) in [5, 5.41) is 0.646. The number of hydrogen-bond donors (Lipinski definition) is 0. The van der Waals surface area contributed by atoms with Crippen molar-refractivity contribution in [1.82, 2.24) is 4.57 Å². The normalized spacial score (nSPS) is 12.4. The van der Waals surface area contributed by atoms with Crippen molar-refractivity contribution in [1.29, 1.82) is 0 Å². The van der Waals surface area contributed by atoms with Crippen LogP contribution in [0.5, 0.6) is 0 Å². The van der Waals surface area contributed by atoms with E-state index < -0.39 is 11.9 Å². The van der Waals surface area contributed by atoms with Crippen molar-refractivity contribution in [2.45, 2.75) is 20.0 Å². The van der Waals surface area contributed by atoms with Gasteiger partial charge in [-0.1, -0.05) is 11.6 Å². The standard InChI is InChI=1S/C12H12F3N/c1-7-4-8(2)11-9(5-7)6-10(16(11)3)12(13,14)15/h4-6H,1-3H3. The zero-order valence-electron chi connectivity index (χ0n) is 9.31. The third-order valence-electron chi connectivity index (χ3n) is 2.75. The lowest BCUT2D eigenvalue weighted by Crippen LogP contribution is -2.10. The second kappa shape index (κ2) is 3.27. The summed E-state index contributed by atoms with van der Waals surface area (Å²) in [5.41, 5.74) is 1.89. The molecule has 1 heterocycles. The maximum atomic E-state index is 12.7. The average molecular weight is 227 g/mol. The van der Waals surface area contributed by atoms with Gasteiger partial charge in [-0.3, -0.25) is 0 Å². The van der Waals surface area contributed by atoms with Gasteiger partial charge in [0.1, 0.15) is 5.69 Å². The quantitative estimate of drug-likeness (QED) is 0.644. The van der Waals surface area contributed by atoms with Crippen LogP contribution in [0.25, 0.3) is 10.9 Å². The summed E-state index contributed by atoms with van der Waals surface area (Å²) in [7, 11) is 1.45. The van der Waals surface area contributed by atoms with Crippen LogP contribution in [0.4, 0.5) is 13.2 Å². The highest BCUT2D eigenvalue weighted by molar-refractivity contribution is 5.85. The van der Waals surface area contributed by atoms with Crippen molar-refractivity contribution < 1.29 is 13.2 Å². The summed E-state index contributed by atoms with van der Waals surface area (Å²) < 4.78 is 39.3. The van der Waals surface area contributed by atoms with Crippen molar-refractivity contribution in [3.63, 3.8) is 0 Å². The van der Waals surface area contributed by atoms with Gasteiger partial charge in [0.25, 0.3) is 0 Å². The van der Waals surface area contributed by atoms with Gasteiger partial charge in [-0.25, -0.2) is 0 Å².